The number of nitrogens with zero attached hydrogens (tertiary/aromatic N) is 2. The fraction of sp³-hybridized carbons (Fsp3) is 0.491. The Balaban J connectivity index is 1.08. The highest BCUT2D eigenvalue weighted by Crippen LogP contribution is 2.69. The smallest absolute Gasteiger partial charge is 0.253 e. The zero-order valence-electron chi connectivity index (χ0n) is 41.5. The van der Waals surface area contributed by atoms with E-state index in [1.807, 2.05) is 18.4 Å². The van der Waals surface area contributed by atoms with Crippen LogP contribution >= 0.6 is 0 Å². The molecular weight excluding hydrogens is 973 g/mol. The van der Waals surface area contributed by atoms with Crippen LogP contribution in [-0.2, 0) is 27.4 Å². The first-order valence-electron chi connectivity index (χ1n) is 25.3. The lowest BCUT2D eigenvalue weighted by molar-refractivity contribution is -0.316. The lowest BCUT2D eigenvalue weighted by Crippen LogP contribution is -2.68. The summed E-state index contributed by atoms with van der Waals surface area (Å²) in [4.78, 5) is 62.0. The number of aromatic hydroxyl groups is 1. The molecule has 16 N–H and O–H groups in total. The van der Waals surface area contributed by atoms with Gasteiger partial charge in [-0.2, -0.15) is 0 Å². The maximum Gasteiger partial charge on any atom is 0.253 e. The first-order valence-corrected chi connectivity index (χ1v) is 25.3. The highest BCUT2D eigenvalue weighted by atomic mass is 16.7. The Bertz CT molecular complexity index is 2910. The minimum absolute atomic E-state index is 0.0218. The number of fused-ring (bicyclic) bond motifs is 3. The van der Waals surface area contributed by atoms with Gasteiger partial charge in [-0.3, -0.25) is 29.1 Å². The third-order valence-electron chi connectivity index (χ3n) is 17.1. The van der Waals surface area contributed by atoms with Crippen molar-refractivity contribution in [2.45, 2.75) is 99.9 Å². The number of hydrogen-bond donors (Lipinski definition) is 13. The molecule has 400 valence electrons. The first kappa shape index (κ1) is 51.8. The number of amides is 2. The summed E-state index contributed by atoms with van der Waals surface area (Å²) in [6, 6.07) is 0.515. The molecule has 2 aromatic carbocycles. The Labute approximate surface area is 431 Å². The minimum atomic E-state index is -2.49. The molecule has 22 nitrogen and oxygen atoms in total. The summed E-state index contributed by atoms with van der Waals surface area (Å²) in [6.45, 7) is -1.91. The Morgan fingerprint density at radius 3 is 2.43 bits per heavy atom. The molecule has 4 aliphatic heterocycles. The van der Waals surface area contributed by atoms with Gasteiger partial charge in [-0.15, -0.1) is 0 Å². The van der Waals surface area contributed by atoms with E-state index >= 15 is 9.59 Å². The number of guanidine groups is 1. The molecule has 22 heteroatoms. The molecule has 0 bridgehead atoms. The number of hydrogen-bond acceptors (Lipinski definition) is 19. The number of carbonyl (C=O) groups is 4. The molecule has 8 aliphatic rings. The van der Waals surface area contributed by atoms with Gasteiger partial charge in [0.25, 0.3) is 11.8 Å². The molecule has 4 heterocycles. The summed E-state index contributed by atoms with van der Waals surface area (Å²) in [5, 5.41) is 91.1. The second kappa shape index (κ2) is 19.8. The zero-order chi connectivity index (χ0) is 53.4. The SMILES string of the molecule is CN=C(N)N[C@H]1C[C@@H]2CC[C@]3(C4=CNC(N)C=C4)[C@@H](CCO)CCc4c5c(c(O)c1c4[C@H]23)C(=O)c1c(O[C@@H]2O[C@H](CO)[C@](O)(C[C@H](CN3C(=O)C=CC3=O)C3=CCNC(N)=C3)[C@H](O)[C@H]2O)cc(OC)c(CO)c1C5=O. The number of phenolic OH excluding ortho intramolecular Hbond substituents is 1. The molecule has 2 amide bonds. The molecule has 2 fully saturated rings. The van der Waals surface area contributed by atoms with Crippen molar-refractivity contribution in [3.63, 3.8) is 0 Å². The standard InChI is InChI=1S/C53H64N8O14/c1-57-51(56)60-30-15-24-9-12-52(27-4-6-34(54)59-19-27)26(11-14-62)3-5-28-38(44(24)52)41(30)46(68)43-39(28)45(67)40-29(21-63)31(73-2)17-32(42(40)47(43)69)74-50-48(70)49(71)53(72,33(22-64)75-50)18-25(23-10-13-58-35(55)16-23)20-61-36(65)7-8-37(61)66/h4,6-8,10,16-17,19,24-26,30,33-34,44,48-50,58-59,62-64,68,70-72H,3,5,9,11-15,18,20-22,54-55H2,1-2H3,(H3,56,57,60)/t24-,25+,26+,30-,33+,34?,44-,48+,49+,50+,52+,53+/m0/s1. The molecule has 75 heavy (non-hydrogen) atoms. The van der Waals surface area contributed by atoms with Crippen LogP contribution in [0.2, 0.25) is 0 Å². The average molecular weight is 1040 g/mol. The van der Waals surface area contributed by atoms with Crippen molar-refractivity contribution >= 4 is 29.3 Å². The molecular formula is C53H64N8O14. The number of imide groups is 1. The zero-order valence-corrected chi connectivity index (χ0v) is 41.5. The van der Waals surface area contributed by atoms with E-state index in [0.717, 1.165) is 29.0 Å². The van der Waals surface area contributed by atoms with Gasteiger partial charge >= 0.3 is 0 Å². The van der Waals surface area contributed by atoms with Gasteiger partial charge in [0.15, 0.2) is 11.7 Å². The van der Waals surface area contributed by atoms with Crippen LogP contribution in [0.15, 0.2) is 70.7 Å². The molecule has 0 aromatic heterocycles. The van der Waals surface area contributed by atoms with Crippen molar-refractivity contribution in [2.24, 2.45) is 45.4 Å². The largest absolute Gasteiger partial charge is 0.507 e. The van der Waals surface area contributed by atoms with Crippen molar-refractivity contribution in [2.75, 3.05) is 40.5 Å². The Morgan fingerprint density at radius 1 is 1.03 bits per heavy atom. The van der Waals surface area contributed by atoms with Crippen LogP contribution in [0.3, 0.4) is 0 Å². The Hall–Kier alpha value is -6.63. The van der Waals surface area contributed by atoms with Crippen molar-refractivity contribution in [3.8, 4) is 17.2 Å². The third-order valence-corrected chi connectivity index (χ3v) is 17.1. The van der Waals surface area contributed by atoms with Gasteiger partial charge in [0.1, 0.15) is 41.2 Å². The first-order chi connectivity index (χ1) is 35.9. The van der Waals surface area contributed by atoms with Gasteiger partial charge < -0.3 is 83.1 Å². The number of ketones is 2. The summed E-state index contributed by atoms with van der Waals surface area (Å²) in [5.74, 6) is -4.92. The minimum Gasteiger partial charge on any atom is -0.507 e. The van der Waals surface area contributed by atoms with Crippen LogP contribution in [-0.4, -0.2) is 147 Å². The Morgan fingerprint density at radius 2 is 1.77 bits per heavy atom. The van der Waals surface area contributed by atoms with Crippen molar-refractivity contribution in [3.05, 3.63) is 110 Å². The lowest BCUT2D eigenvalue weighted by atomic mass is 9.56. The quantitative estimate of drug-likeness (QED) is 0.0534. The average Bonchev–Trinajstić information content (AvgIpc) is 4.07. The fourth-order valence-electron chi connectivity index (χ4n) is 13.8. The monoisotopic (exact) mass is 1040 g/mol. The molecule has 1 saturated heterocycles. The van der Waals surface area contributed by atoms with Crippen molar-refractivity contribution in [1.29, 1.82) is 0 Å². The molecule has 0 spiro atoms. The second-order valence-electron chi connectivity index (χ2n) is 20.7. The van der Waals surface area contributed by atoms with E-state index in [2.05, 4.69) is 20.9 Å². The number of aliphatic imine (C=N–C) groups is 1. The number of allylic oxidation sites excluding steroid dienone is 3. The highest BCUT2D eigenvalue weighted by molar-refractivity contribution is 6.31. The van der Waals surface area contributed by atoms with Crippen LogP contribution in [0.25, 0.3) is 0 Å². The van der Waals surface area contributed by atoms with Gasteiger partial charge in [-0.05, 0) is 97.1 Å². The number of ether oxygens (including phenoxy) is 3. The van der Waals surface area contributed by atoms with E-state index in [4.69, 9.17) is 31.4 Å². The molecule has 12 atom stereocenters. The van der Waals surface area contributed by atoms with Gasteiger partial charge in [0.05, 0.1) is 49.5 Å². The third kappa shape index (κ3) is 8.20. The van der Waals surface area contributed by atoms with Crippen LogP contribution < -0.4 is 42.6 Å². The van der Waals surface area contributed by atoms with Gasteiger partial charge in [0, 0.05) is 84.7 Å². The predicted octanol–water partition coefficient (Wildman–Crippen LogP) is -0.790. The number of dihydropyridines is 2. The summed E-state index contributed by atoms with van der Waals surface area (Å²) in [6.07, 6.45) is 5.43. The van der Waals surface area contributed by atoms with Crippen LogP contribution in [0.5, 0.6) is 17.2 Å². The number of phenols is 1. The summed E-state index contributed by atoms with van der Waals surface area (Å²) in [5.41, 5.74) is 17.4. The van der Waals surface area contributed by atoms with Crippen LogP contribution in [0, 0.1) is 23.2 Å². The van der Waals surface area contributed by atoms with Crippen LogP contribution in [0.1, 0.15) is 105 Å². The summed E-state index contributed by atoms with van der Waals surface area (Å²) in [7, 11) is 2.79. The normalized spacial score (nSPS) is 32.1. The molecule has 2 aromatic rings. The number of aliphatic hydroxyl groups excluding tert-OH is 5. The lowest BCUT2D eigenvalue weighted by Gasteiger charge is -2.49. The van der Waals surface area contributed by atoms with Crippen molar-refractivity contribution < 1.29 is 69.1 Å². The molecule has 0 radical (unpaired) electrons. The highest BCUT2D eigenvalue weighted by Gasteiger charge is 2.61. The molecule has 10 rings (SSSR count). The molecule has 4 aliphatic carbocycles. The number of benzene rings is 2. The molecule has 1 saturated carbocycles. The van der Waals surface area contributed by atoms with E-state index in [1.54, 1.807) is 6.08 Å². The van der Waals surface area contributed by atoms with E-state index in [-0.39, 0.29) is 83.7 Å². The van der Waals surface area contributed by atoms with E-state index < -0.39 is 114 Å². The maximum absolute atomic E-state index is 15.8. The number of nitrogens with two attached hydrogens (primary N) is 3. The van der Waals surface area contributed by atoms with E-state index in [0.29, 0.717) is 47.9 Å². The van der Waals surface area contributed by atoms with Crippen LogP contribution in [0.4, 0.5) is 0 Å². The van der Waals surface area contributed by atoms with Crippen molar-refractivity contribution in [1.82, 2.24) is 20.9 Å². The number of nitrogens with one attached hydrogen (secondary N) is 3. The number of aliphatic hydroxyl groups is 6. The van der Waals surface area contributed by atoms with Gasteiger partial charge in [-0.1, -0.05) is 12.2 Å². The molecule has 1 unspecified atom stereocenters. The summed E-state index contributed by atoms with van der Waals surface area (Å²) < 4.78 is 18.1. The Kier molecular flexibility index (Phi) is 13.7. The van der Waals surface area contributed by atoms with Gasteiger partial charge in [0.2, 0.25) is 12.1 Å². The van der Waals surface area contributed by atoms with Gasteiger partial charge in [-0.25, -0.2) is 0 Å². The number of carbonyl (C=O) groups excluding carboxylic acids is 4. The fourth-order valence-corrected chi connectivity index (χ4v) is 13.8. The predicted molar refractivity (Wildman–Crippen MR) is 267 cm³/mol. The summed E-state index contributed by atoms with van der Waals surface area (Å²) >= 11 is 0. The maximum atomic E-state index is 15.8. The number of methoxy groups -OCH3 is 1. The topological polar surface area (TPSA) is 367 Å². The second-order valence-corrected chi connectivity index (χ2v) is 20.7. The van der Waals surface area contributed by atoms with E-state index in [9.17, 15) is 45.3 Å². The van der Waals surface area contributed by atoms with E-state index in [1.165, 1.54) is 26.3 Å². The number of rotatable bonds is 14.